The van der Waals surface area contributed by atoms with Crippen molar-refractivity contribution in [2.45, 2.75) is 13.5 Å². The van der Waals surface area contributed by atoms with Crippen molar-refractivity contribution < 1.29 is 18.7 Å². The van der Waals surface area contributed by atoms with Crippen molar-refractivity contribution in [2.24, 2.45) is 0 Å². The van der Waals surface area contributed by atoms with E-state index in [1.807, 2.05) is 49.4 Å². The van der Waals surface area contributed by atoms with E-state index in [2.05, 4.69) is 18.2 Å². The van der Waals surface area contributed by atoms with Crippen LogP contribution in [-0.2, 0) is 11.4 Å². The average molecular weight is 550 g/mol. The van der Waals surface area contributed by atoms with Crippen LogP contribution in [0.1, 0.15) is 18.1 Å². The molecule has 1 saturated heterocycles. The number of hydrogen-bond donors (Lipinski definition) is 0. The number of benzene rings is 4. The van der Waals surface area contributed by atoms with Gasteiger partial charge < -0.3 is 9.47 Å². The number of fused-ring (bicyclic) bond motifs is 1. The van der Waals surface area contributed by atoms with Gasteiger partial charge in [-0.2, -0.15) is 0 Å². The van der Waals surface area contributed by atoms with Crippen LogP contribution in [0.2, 0.25) is 5.02 Å². The second kappa shape index (κ2) is 10.9. The van der Waals surface area contributed by atoms with Gasteiger partial charge >= 0.3 is 0 Å². The number of hydrogen-bond acceptors (Lipinski definition) is 5. The molecule has 8 heteroatoms. The van der Waals surface area contributed by atoms with Gasteiger partial charge in [-0.25, -0.2) is 4.39 Å². The fraction of sp³-hybridized carbons (Fsp3) is 0.103. The first kappa shape index (κ1) is 25.3. The van der Waals surface area contributed by atoms with Gasteiger partial charge in [0.05, 0.1) is 22.2 Å². The summed E-state index contributed by atoms with van der Waals surface area (Å²) in [5, 5.41) is 2.23. The van der Waals surface area contributed by atoms with Crippen LogP contribution in [0.4, 0.5) is 10.1 Å². The van der Waals surface area contributed by atoms with E-state index in [0.29, 0.717) is 39.6 Å². The molecule has 1 aliphatic heterocycles. The molecule has 0 N–H and O–H groups in total. The lowest BCUT2D eigenvalue weighted by atomic mass is 10.1. The Morgan fingerprint density at radius 1 is 1.00 bits per heavy atom. The molecule has 0 spiro atoms. The normalized spacial score (nSPS) is 14.6. The van der Waals surface area contributed by atoms with Crippen molar-refractivity contribution in [2.75, 3.05) is 11.5 Å². The lowest BCUT2D eigenvalue weighted by molar-refractivity contribution is -0.113. The number of ether oxygens (including phenoxy) is 2. The number of halogens is 2. The predicted octanol–water partition coefficient (Wildman–Crippen LogP) is 8.02. The summed E-state index contributed by atoms with van der Waals surface area (Å²) >= 11 is 12.5. The van der Waals surface area contributed by atoms with Crippen molar-refractivity contribution in [3.63, 3.8) is 0 Å². The highest BCUT2D eigenvalue weighted by molar-refractivity contribution is 8.27. The summed E-state index contributed by atoms with van der Waals surface area (Å²) < 4.78 is 25.9. The molecule has 1 heterocycles. The Kier molecular flexibility index (Phi) is 7.46. The first-order valence-electron chi connectivity index (χ1n) is 11.5. The highest BCUT2D eigenvalue weighted by atomic mass is 35.5. The maximum absolute atomic E-state index is 13.6. The number of thioether (sulfide) groups is 1. The molecule has 4 nitrogen and oxygen atoms in total. The smallest absolute Gasteiger partial charge is 0.270 e. The molecule has 186 valence electrons. The summed E-state index contributed by atoms with van der Waals surface area (Å²) in [5.41, 5.74) is 2.26. The molecular formula is C29H21ClFNO3S2. The van der Waals surface area contributed by atoms with E-state index in [-0.39, 0.29) is 10.9 Å². The first-order chi connectivity index (χ1) is 17.9. The summed E-state index contributed by atoms with van der Waals surface area (Å²) in [6.45, 7) is 2.75. The monoisotopic (exact) mass is 549 g/mol. The Morgan fingerprint density at radius 2 is 1.81 bits per heavy atom. The fourth-order valence-electron chi connectivity index (χ4n) is 4.04. The van der Waals surface area contributed by atoms with Crippen LogP contribution in [-0.4, -0.2) is 16.8 Å². The zero-order chi connectivity index (χ0) is 25.9. The standard InChI is InChI=1S/C29H21ClFNO3S2/c1-2-34-26-14-18(10-13-25(26)35-17-20-8-5-7-19-6-3-4-9-22(19)20)15-27-28(33)32(29(36)37-27)21-11-12-24(31)23(30)16-21/h3-16H,2,17H2,1H3/b27-15+. The van der Waals surface area contributed by atoms with E-state index < -0.39 is 5.82 Å². The molecule has 0 aliphatic carbocycles. The van der Waals surface area contributed by atoms with Crippen LogP contribution in [0.5, 0.6) is 11.5 Å². The van der Waals surface area contributed by atoms with E-state index in [0.717, 1.165) is 21.9 Å². The van der Waals surface area contributed by atoms with Gasteiger partial charge in [0.15, 0.2) is 15.8 Å². The number of amides is 1. The SMILES string of the molecule is CCOc1cc(/C=C2/SC(=S)N(c3ccc(F)c(Cl)c3)C2=O)ccc1OCc1cccc2ccccc12. The van der Waals surface area contributed by atoms with Crippen LogP contribution in [0.3, 0.4) is 0 Å². The second-order valence-corrected chi connectivity index (χ2v) is 10.3. The molecule has 37 heavy (non-hydrogen) atoms. The van der Waals surface area contributed by atoms with Crippen molar-refractivity contribution in [3.05, 3.63) is 106 Å². The Balaban J connectivity index is 1.38. The number of carbonyl (C=O) groups is 1. The van der Waals surface area contributed by atoms with Gasteiger partial charge in [-0.15, -0.1) is 0 Å². The van der Waals surface area contributed by atoms with Crippen molar-refractivity contribution in [1.82, 2.24) is 0 Å². The van der Waals surface area contributed by atoms with Gasteiger partial charge in [-0.1, -0.05) is 84.1 Å². The van der Waals surface area contributed by atoms with Crippen LogP contribution < -0.4 is 14.4 Å². The quantitative estimate of drug-likeness (QED) is 0.172. The Labute approximate surface area is 228 Å². The second-order valence-electron chi connectivity index (χ2n) is 8.18. The molecule has 0 saturated carbocycles. The number of rotatable bonds is 7. The summed E-state index contributed by atoms with van der Waals surface area (Å²) in [4.78, 5) is 14.9. The molecule has 1 amide bonds. The first-order valence-corrected chi connectivity index (χ1v) is 13.1. The molecule has 0 radical (unpaired) electrons. The zero-order valence-electron chi connectivity index (χ0n) is 19.7. The number of nitrogens with zero attached hydrogens (tertiary/aromatic N) is 1. The van der Waals surface area contributed by atoms with Crippen LogP contribution >= 0.6 is 35.6 Å². The lowest BCUT2D eigenvalue weighted by Crippen LogP contribution is -2.27. The number of carbonyl (C=O) groups excluding carboxylic acids is 1. The molecular weight excluding hydrogens is 529 g/mol. The van der Waals surface area contributed by atoms with Crippen molar-refractivity contribution in [1.29, 1.82) is 0 Å². The van der Waals surface area contributed by atoms with Gasteiger partial charge in [0.25, 0.3) is 5.91 Å². The van der Waals surface area contributed by atoms with Gasteiger partial charge in [-0.3, -0.25) is 9.69 Å². The molecule has 1 aliphatic rings. The summed E-state index contributed by atoms with van der Waals surface area (Å²) in [6.07, 6.45) is 1.75. The minimum Gasteiger partial charge on any atom is -0.490 e. The highest BCUT2D eigenvalue weighted by Gasteiger charge is 2.33. The van der Waals surface area contributed by atoms with Gasteiger partial charge in [-0.05, 0) is 65.2 Å². The third kappa shape index (κ3) is 5.34. The molecule has 0 aromatic heterocycles. The van der Waals surface area contributed by atoms with E-state index in [1.54, 1.807) is 6.08 Å². The number of anilines is 1. The third-order valence-corrected chi connectivity index (χ3v) is 7.38. The summed E-state index contributed by atoms with van der Waals surface area (Å²) in [6, 6.07) is 23.9. The Hall–Kier alpha value is -3.39. The highest BCUT2D eigenvalue weighted by Crippen LogP contribution is 2.38. The summed E-state index contributed by atoms with van der Waals surface area (Å²) in [5.74, 6) is 0.335. The molecule has 0 bridgehead atoms. The Morgan fingerprint density at radius 3 is 2.62 bits per heavy atom. The summed E-state index contributed by atoms with van der Waals surface area (Å²) in [7, 11) is 0. The Bertz CT molecular complexity index is 1550. The maximum atomic E-state index is 13.6. The topological polar surface area (TPSA) is 38.8 Å². The van der Waals surface area contributed by atoms with Crippen molar-refractivity contribution in [3.8, 4) is 11.5 Å². The number of thiocarbonyl (C=S) groups is 1. The van der Waals surface area contributed by atoms with Gasteiger partial charge in [0.1, 0.15) is 12.4 Å². The zero-order valence-corrected chi connectivity index (χ0v) is 22.1. The third-order valence-electron chi connectivity index (χ3n) is 5.78. The fourth-order valence-corrected chi connectivity index (χ4v) is 5.52. The molecule has 4 aromatic rings. The largest absolute Gasteiger partial charge is 0.490 e. The molecule has 5 rings (SSSR count). The van der Waals surface area contributed by atoms with Crippen LogP contribution in [0.25, 0.3) is 16.8 Å². The molecule has 1 fully saturated rings. The van der Waals surface area contributed by atoms with E-state index in [9.17, 15) is 9.18 Å². The average Bonchev–Trinajstić information content (AvgIpc) is 3.17. The lowest BCUT2D eigenvalue weighted by Gasteiger charge is -2.15. The predicted molar refractivity (Wildman–Crippen MR) is 153 cm³/mol. The van der Waals surface area contributed by atoms with E-state index in [1.165, 1.54) is 34.9 Å². The molecule has 4 aromatic carbocycles. The molecule has 0 atom stereocenters. The molecule has 0 unspecified atom stereocenters. The van der Waals surface area contributed by atoms with Gasteiger partial charge in [0, 0.05) is 0 Å². The van der Waals surface area contributed by atoms with Crippen LogP contribution in [0, 0.1) is 5.82 Å². The maximum Gasteiger partial charge on any atom is 0.270 e. The van der Waals surface area contributed by atoms with Gasteiger partial charge in [0.2, 0.25) is 0 Å². The van der Waals surface area contributed by atoms with Crippen LogP contribution in [0.15, 0.2) is 83.8 Å². The van der Waals surface area contributed by atoms with E-state index in [4.69, 9.17) is 33.3 Å². The minimum absolute atomic E-state index is 0.0732. The van der Waals surface area contributed by atoms with E-state index >= 15 is 0 Å². The minimum atomic E-state index is -0.558. The van der Waals surface area contributed by atoms with Crippen molar-refractivity contribution >= 4 is 68.3 Å².